The fraction of sp³-hybridized carbons (Fsp3) is 0.727. The van der Waals surface area contributed by atoms with Gasteiger partial charge in [0, 0.05) is 12.2 Å². The van der Waals surface area contributed by atoms with E-state index >= 15 is 0 Å². The third-order valence-corrected chi connectivity index (χ3v) is 4.80. The van der Waals surface area contributed by atoms with Crippen LogP contribution in [0.2, 0.25) is 0 Å². The maximum atomic E-state index is 10.0. The van der Waals surface area contributed by atoms with Gasteiger partial charge >= 0.3 is 0 Å². The first-order chi connectivity index (χ1) is 12.2. The fourth-order valence-electron chi connectivity index (χ4n) is 3.14. The number of phenols is 1. The summed E-state index contributed by atoms with van der Waals surface area (Å²) in [7, 11) is 0. The maximum absolute atomic E-state index is 10.0. The van der Waals surface area contributed by atoms with Gasteiger partial charge in [-0.15, -0.1) is 0 Å². The lowest BCUT2D eigenvalue weighted by Crippen LogP contribution is -2.19. The fourth-order valence-corrected chi connectivity index (χ4v) is 3.14. The molecule has 1 aromatic rings. The molecule has 0 aromatic heterocycles. The van der Waals surface area contributed by atoms with Crippen molar-refractivity contribution < 1.29 is 10.2 Å². The van der Waals surface area contributed by atoms with E-state index in [0.717, 1.165) is 18.5 Å². The molecule has 3 nitrogen and oxygen atoms in total. The molecule has 0 aliphatic carbocycles. The highest BCUT2D eigenvalue weighted by Gasteiger charge is 2.04. The van der Waals surface area contributed by atoms with Crippen molar-refractivity contribution in [1.29, 1.82) is 0 Å². The highest BCUT2D eigenvalue weighted by Crippen LogP contribution is 2.15. The molecule has 0 heterocycles. The van der Waals surface area contributed by atoms with Crippen LogP contribution in [-0.2, 0) is 0 Å². The molecule has 0 fully saturated rings. The van der Waals surface area contributed by atoms with E-state index in [1.165, 1.54) is 70.6 Å². The van der Waals surface area contributed by atoms with Crippen LogP contribution >= 0.6 is 0 Å². The number of aliphatic hydroxyl groups excluding tert-OH is 1. The van der Waals surface area contributed by atoms with Crippen LogP contribution in [0, 0.1) is 0 Å². The number of hydrogen-bond donors (Lipinski definition) is 3. The van der Waals surface area contributed by atoms with Gasteiger partial charge in [0.15, 0.2) is 0 Å². The Morgan fingerprint density at radius 2 is 1.24 bits per heavy atom. The number of benzene rings is 1. The van der Waals surface area contributed by atoms with Gasteiger partial charge in [0.25, 0.3) is 0 Å². The molecule has 144 valence electrons. The second-order valence-electron chi connectivity index (χ2n) is 7.26. The number of aromatic hydroxyl groups is 1. The summed E-state index contributed by atoms with van der Waals surface area (Å²) in [5.41, 5.74) is 0.937. The Morgan fingerprint density at radius 3 is 1.76 bits per heavy atom. The van der Waals surface area contributed by atoms with Crippen LogP contribution < -0.4 is 5.32 Å². The van der Waals surface area contributed by atoms with Crippen LogP contribution in [0.5, 0.6) is 5.75 Å². The molecule has 0 saturated carbocycles. The van der Waals surface area contributed by atoms with Crippen LogP contribution in [0.25, 0.3) is 0 Å². The molecule has 3 N–H and O–H groups in total. The molecular weight excluding hydrogens is 310 g/mol. The summed E-state index contributed by atoms with van der Waals surface area (Å²) in [6.45, 7) is 2.84. The Bertz CT molecular complexity index is 405. The molecule has 0 bridgehead atoms. The second-order valence-corrected chi connectivity index (χ2v) is 7.26. The van der Waals surface area contributed by atoms with Gasteiger partial charge in [0.1, 0.15) is 5.75 Å². The Kier molecular flexibility index (Phi) is 13.2. The summed E-state index contributed by atoms with van der Waals surface area (Å²) in [6.07, 6.45) is 16.7. The monoisotopic (exact) mass is 349 g/mol. The molecule has 0 amide bonds. The SMILES string of the molecule is CCCCCCCCCCCCCCC(O)CNc1ccc(O)cc1. The summed E-state index contributed by atoms with van der Waals surface area (Å²) in [5, 5.41) is 22.5. The van der Waals surface area contributed by atoms with Crippen LogP contribution in [0.1, 0.15) is 90.4 Å². The van der Waals surface area contributed by atoms with E-state index in [4.69, 9.17) is 0 Å². The number of unbranched alkanes of at least 4 members (excludes halogenated alkanes) is 11. The van der Waals surface area contributed by atoms with Gasteiger partial charge < -0.3 is 15.5 Å². The molecule has 25 heavy (non-hydrogen) atoms. The first-order valence-corrected chi connectivity index (χ1v) is 10.4. The minimum absolute atomic E-state index is 0.266. The Hall–Kier alpha value is -1.22. The van der Waals surface area contributed by atoms with Crippen molar-refractivity contribution in [2.24, 2.45) is 0 Å². The largest absolute Gasteiger partial charge is 0.508 e. The summed E-state index contributed by atoms with van der Waals surface area (Å²) in [4.78, 5) is 0. The van der Waals surface area contributed by atoms with Gasteiger partial charge in [0.05, 0.1) is 6.10 Å². The predicted molar refractivity (Wildman–Crippen MR) is 108 cm³/mol. The first kappa shape index (κ1) is 21.8. The highest BCUT2D eigenvalue weighted by atomic mass is 16.3. The topological polar surface area (TPSA) is 52.5 Å². The Morgan fingerprint density at radius 1 is 0.760 bits per heavy atom. The number of anilines is 1. The number of aliphatic hydroxyl groups is 1. The molecule has 3 heteroatoms. The van der Waals surface area contributed by atoms with Crippen molar-refractivity contribution >= 4 is 5.69 Å². The van der Waals surface area contributed by atoms with E-state index in [0.29, 0.717) is 6.54 Å². The van der Waals surface area contributed by atoms with Crippen molar-refractivity contribution in [2.75, 3.05) is 11.9 Å². The first-order valence-electron chi connectivity index (χ1n) is 10.4. The van der Waals surface area contributed by atoms with Gasteiger partial charge in [-0.25, -0.2) is 0 Å². The maximum Gasteiger partial charge on any atom is 0.115 e. The van der Waals surface area contributed by atoms with Gasteiger partial charge in [-0.1, -0.05) is 84.0 Å². The summed E-state index contributed by atoms with van der Waals surface area (Å²) >= 11 is 0. The van der Waals surface area contributed by atoms with Crippen LogP contribution in [0.3, 0.4) is 0 Å². The second kappa shape index (κ2) is 15.1. The molecule has 1 rings (SSSR count). The molecule has 0 aliphatic rings. The standard InChI is InChI=1S/C22H39NO2/c1-2-3-4-5-6-7-8-9-10-11-12-13-14-22(25)19-23-20-15-17-21(24)18-16-20/h15-18,22-25H,2-14,19H2,1H3. The third-order valence-electron chi connectivity index (χ3n) is 4.80. The van der Waals surface area contributed by atoms with Gasteiger partial charge in [0.2, 0.25) is 0 Å². The molecule has 0 radical (unpaired) electrons. The smallest absolute Gasteiger partial charge is 0.115 e. The molecule has 0 spiro atoms. The average Bonchev–Trinajstić information content (AvgIpc) is 2.62. The zero-order chi connectivity index (χ0) is 18.2. The average molecular weight is 350 g/mol. The lowest BCUT2D eigenvalue weighted by molar-refractivity contribution is 0.173. The molecule has 1 unspecified atom stereocenters. The quantitative estimate of drug-likeness (QED) is 0.244. The van der Waals surface area contributed by atoms with Crippen molar-refractivity contribution in [3.8, 4) is 5.75 Å². The molecule has 1 aromatic carbocycles. The number of hydrogen-bond acceptors (Lipinski definition) is 3. The van der Waals surface area contributed by atoms with E-state index in [1.807, 2.05) is 12.1 Å². The Labute approximate surface area is 154 Å². The van der Waals surface area contributed by atoms with Crippen molar-refractivity contribution in [2.45, 2.75) is 96.5 Å². The number of phenolic OH excluding ortho intramolecular Hbond substituents is 1. The molecule has 0 saturated heterocycles. The summed E-state index contributed by atoms with van der Waals surface area (Å²) in [5.74, 6) is 0.266. The normalized spacial score (nSPS) is 12.2. The molecule has 0 aliphatic heterocycles. The van der Waals surface area contributed by atoms with Crippen molar-refractivity contribution in [1.82, 2.24) is 0 Å². The zero-order valence-corrected chi connectivity index (χ0v) is 16.2. The van der Waals surface area contributed by atoms with E-state index in [-0.39, 0.29) is 11.9 Å². The number of rotatable bonds is 16. The molecular formula is C22H39NO2. The molecule has 1 atom stereocenters. The van der Waals surface area contributed by atoms with Crippen molar-refractivity contribution in [3.05, 3.63) is 24.3 Å². The van der Waals surface area contributed by atoms with E-state index in [1.54, 1.807) is 12.1 Å². The van der Waals surface area contributed by atoms with E-state index in [9.17, 15) is 10.2 Å². The van der Waals surface area contributed by atoms with E-state index in [2.05, 4.69) is 12.2 Å². The van der Waals surface area contributed by atoms with Gasteiger partial charge in [-0.2, -0.15) is 0 Å². The van der Waals surface area contributed by atoms with E-state index < -0.39 is 0 Å². The lowest BCUT2D eigenvalue weighted by atomic mass is 10.0. The van der Waals surface area contributed by atoms with Gasteiger partial charge in [-0.05, 0) is 30.7 Å². The van der Waals surface area contributed by atoms with Crippen LogP contribution in [0.4, 0.5) is 5.69 Å². The van der Waals surface area contributed by atoms with Crippen LogP contribution in [-0.4, -0.2) is 22.9 Å². The third kappa shape index (κ3) is 12.7. The minimum atomic E-state index is -0.295. The van der Waals surface area contributed by atoms with Crippen LogP contribution in [0.15, 0.2) is 24.3 Å². The summed E-state index contributed by atoms with van der Waals surface area (Å²) in [6, 6.07) is 6.96. The highest BCUT2D eigenvalue weighted by molar-refractivity contribution is 5.45. The summed E-state index contributed by atoms with van der Waals surface area (Å²) < 4.78 is 0. The minimum Gasteiger partial charge on any atom is -0.508 e. The van der Waals surface area contributed by atoms with Crippen molar-refractivity contribution in [3.63, 3.8) is 0 Å². The zero-order valence-electron chi connectivity index (χ0n) is 16.2. The number of nitrogens with one attached hydrogen (secondary N) is 1. The lowest BCUT2D eigenvalue weighted by Gasteiger charge is -2.12. The predicted octanol–water partition coefficient (Wildman–Crippen LogP) is 6.26. The van der Waals surface area contributed by atoms with Gasteiger partial charge in [-0.3, -0.25) is 0 Å². The Balaban J connectivity index is 1.85.